The summed E-state index contributed by atoms with van der Waals surface area (Å²) in [5.74, 6) is -2.51. The molecule has 1 heterocycles. The molecule has 1 fully saturated rings. The van der Waals surface area contributed by atoms with Crippen LogP contribution in [-0.4, -0.2) is 40.3 Å². The van der Waals surface area contributed by atoms with Crippen LogP contribution in [0.1, 0.15) is 46.0 Å². The predicted octanol–water partition coefficient (Wildman–Crippen LogP) is 3.70. The first kappa shape index (κ1) is 22.4. The van der Waals surface area contributed by atoms with Gasteiger partial charge in [-0.15, -0.1) is 0 Å². The standard InChI is InChI=1S/C28H21NO6/c1-2-23(29-26(32)20-9-5-6-10-21(20)27(29)33)28(34)35-17-13-11-16(12-14-17)15-22-24(30)18-7-3-4-8-19(18)25(22)31/h3-9,11-15,21,23H,2,10H2,1H3/t21-,23+/m0/s1. The van der Waals surface area contributed by atoms with Crippen molar-refractivity contribution in [2.45, 2.75) is 25.8 Å². The number of likely N-dealkylation sites (tertiary alicyclic amines) is 1. The monoisotopic (exact) mass is 467 g/mol. The first-order chi connectivity index (χ1) is 16.9. The highest BCUT2D eigenvalue weighted by Crippen LogP contribution is 2.34. The molecule has 7 heteroatoms. The number of nitrogens with zero attached hydrogens (tertiary/aromatic N) is 1. The Kier molecular flexibility index (Phi) is 5.61. The second-order valence-corrected chi connectivity index (χ2v) is 8.53. The van der Waals surface area contributed by atoms with Gasteiger partial charge in [-0.3, -0.25) is 24.1 Å². The van der Waals surface area contributed by atoms with Crippen molar-refractivity contribution in [1.82, 2.24) is 4.90 Å². The third kappa shape index (κ3) is 3.75. The van der Waals surface area contributed by atoms with Crippen LogP contribution in [0.5, 0.6) is 5.75 Å². The van der Waals surface area contributed by atoms with Crippen molar-refractivity contribution in [3.8, 4) is 5.75 Å². The van der Waals surface area contributed by atoms with Crippen LogP contribution in [0.2, 0.25) is 0 Å². The molecular formula is C28H21NO6. The minimum atomic E-state index is -1.03. The minimum absolute atomic E-state index is 0.0818. The van der Waals surface area contributed by atoms with Gasteiger partial charge in [0.1, 0.15) is 11.8 Å². The Hall–Kier alpha value is -4.39. The molecule has 0 saturated carbocycles. The smallest absolute Gasteiger partial charge is 0.334 e. The van der Waals surface area contributed by atoms with Gasteiger partial charge in [-0.2, -0.15) is 0 Å². The van der Waals surface area contributed by atoms with Crippen molar-refractivity contribution in [2.75, 3.05) is 0 Å². The highest BCUT2D eigenvalue weighted by molar-refractivity contribution is 6.41. The van der Waals surface area contributed by atoms with Crippen LogP contribution in [0.4, 0.5) is 0 Å². The van der Waals surface area contributed by atoms with Gasteiger partial charge in [0.05, 0.1) is 11.5 Å². The topological polar surface area (TPSA) is 97.8 Å². The van der Waals surface area contributed by atoms with E-state index in [-0.39, 0.29) is 35.2 Å². The maximum atomic E-state index is 12.9. The van der Waals surface area contributed by atoms with Crippen LogP contribution >= 0.6 is 0 Å². The summed E-state index contributed by atoms with van der Waals surface area (Å²) < 4.78 is 5.47. The molecule has 7 nitrogen and oxygen atoms in total. The number of rotatable bonds is 5. The zero-order valence-electron chi connectivity index (χ0n) is 18.9. The van der Waals surface area contributed by atoms with Crippen molar-refractivity contribution in [3.63, 3.8) is 0 Å². The maximum absolute atomic E-state index is 12.9. The lowest BCUT2D eigenvalue weighted by molar-refractivity contribution is -0.153. The van der Waals surface area contributed by atoms with E-state index in [4.69, 9.17) is 4.74 Å². The van der Waals surface area contributed by atoms with E-state index in [1.165, 1.54) is 18.2 Å². The number of allylic oxidation sites excluding steroid dienone is 4. The second-order valence-electron chi connectivity index (χ2n) is 8.53. The van der Waals surface area contributed by atoms with Gasteiger partial charge in [0, 0.05) is 16.7 Å². The van der Waals surface area contributed by atoms with Gasteiger partial charge in [0.2, 0.25) is 5.91 Å². The number of carbonyl (C=O) groups is 5. The van der Waals surface area contributed by atoms with E-state index in [1.54, 1.807) is 55.5 Å². The Morgan fingerprint density at radius 1 is 1.03 bits per heavy atom. The van der Waals surface area contributed by atoms with Gasteiger partial charge in [0.15, 0.2) is 11.6 Å². The number of imide groups is 1. The molecule has 0 N–H and O–H groups in total. The Morgan fingerprint density at radius 2 is 1.69 bits per heavy atom. The van der Waals surface area contributed by atoms with Crippen LogP contribution in [0.3, 0.4) is 0 Å². The molecule has 2 atom stereocenters. The Bertz CT molecular complexity index is 1340. The fourth-order valence-corrected chi connectivity index (χ4v) is 4.63. The summed E-state index contributed by atoms with van der Waals surface area (Å²) >= 11 is 0. The van der Waals surface area contributed by atoms with Gasteiger partial charge in [-0.05, 0) is 36.6 Å². The summed E-state index contributed by atoms with van der Waals surface area (Å²) in [6.45, 7) is 1.71. The molecule has 35 heavy (non-hydrogen) atoms. The van der Waals surface area contributed by atoms with E-state index in [0.29, 0.717) is 28.7 Å². The molecule has 0 spiro atoms. The lowest BCUT2D eigenvalue weighted by Gasteiger charge is -2.23. The number of Topliss-reactive ketones (excluding diaryl/α,β-unsaturated/α-hetero) is 2. The van der Waals surface area contributed by atoms with Crippen LogP contribution in [0.15, 0.2) is 77.9 Å². The number of ether oxygens (including phenoxy) is 1. The highest BCUT2D eigenvalue weighted by atomic mass is 16.5. The van der Waals surface area contributed by atoms with Crippen molar-refractivity contribution in [1.29, 1.82) is 0 Å². The second kappa shape index (κ2) is 8.76. The number of benzene rings is 2. The van der Waals surface area contributed by atoms with Gasteiger partial charge in [-0.1, -0.05) is 61.5 Å². The fraction of sp³-hybridized carbons (Fsp3) is 0.179. The summed E-state index contributed by atoms with van der Waals surface area (Å²) in [6, 6.07) is 12.0. The zero-order chi connectivity index (χ0) is 24.7. The summed E-state index contributed by atoms with van der Waals surface area (Å²) in [5.41, 5.74) is 1.85. The molecule has 1 aliphatic heterocycles. The molecular weight excluding hydrogens is 446 g/mol. The number of amides is 2. The summed E-state index contributed by atoms with van der Waals surface area (Å²) in [5, 5.41) is 0. The van der Waals surface area contributed by atoms with E-state index in [9.17, 15) is 24.0 Å². The third-order valence-electron chi connectivity index (χ3n) is 6.45. The largest absolute Gasteiger partial charge is 0.425 e. The van der Waals surface area contributed by atoms with E-state index in [0.717, 1.165) is 4.90 Å². The highest BCUT2D eigenvalue weighted by Gasteiger charge is 2.48. The maximum Gasteiger partial charge on any atom is 0.334 e. The summed E-state index contributed by atoms with van der Waals surface area (Å²) in [6.07, 6.45) is 7.35. The van der Waals surface area contributed by atoms with Crippen LogP contribution in [0, 0.1) is 5.92 Å². The van der Waals surface area contributed by atoms with Crippen molar-refractivity contribution in [2.24, 2.45) is 5.92 Å². The molecule has 0 radical (unpaired) electrons. The van der Waals surface area contributed by atoms with E-state index in [1.807, 2.05) is 6.08 Å². The molecule has 1 saturated heterocycles. The lowest BCUT2D eigenvalue weighted by Crippen LogP contribution is -2.46. The predicted molar refractivity (Wildman–Crippen MR) is 126 cm³/mol. The molecule has 0 bridgehead atoms. The summed E-state index contributed by atoms with van der Waals surface area (Å²) in [4.78, 5) is 64.7. The average Bonchev–Trinajstić information content (AvgIpc) is 3.27. The van der Waals surface area contributed by atoms with Gasteiger partial charge >= 0.3 is 5.97 Å². The zero-order valence-corrected chi connectivity index (χ0v) is 18.9. The van der Waals surface area contributed by atoms with Crippen LogP contribution in [0.25, 0.3) is 6.08 Å². The number of hydrogen-bond acceptors (Lipinski definition) is 6. The third-order valence-corrected chi connectivity index (χ3v) is 6.45. The average molecular weight is 467 g/mol. The molecule has 0 aromatic heterocycles. The van der Waals surface area contributed by atoms with Crippen molar-refractivity contribution in [3.05, 3.63) is 94.6 Å². The molecule has 2 aromatic carbocycles. The SMILES string of the molecule is CC[C@H](C(=O)Oc1ccc(C=C2C(=O)c3ccccc3C2=O)cc1)N1C(=O)C2=CC=CC[C@@H]2C1=O. The van der Waals surface area contributed by atoms with Crippen molar-refractivity contribution >= 4 is 35.4 Å². The van der Waals surface area contributed by atoms with E-state index >= 15 is 0 Å². The van der Waals surface area contributed by atoms with E-state index in [2.05, 4.69) is 0 Å². The normalized spacial score (nSPS) is 19.5. The molecule has 2 amide bonds. The van der Waals surface area contributed by atoms with Crippen molar-refractivity contribution < 1.29 is 28.7 Å². The van der Waals surface area contributed by atoms with Crippen LogP contribution < -0.4 is 4.74 Å². The quantitative estimate of drug-likeness (QED) is 0.219. The van der Waals surface area contributed by atoms with Gasteiger partial charge < -0.3 is 4.74 Å². The number of ketones is 2. The number of carbonyl (C=O) groups excluding carboxylic acids is 5. The lowest BCUT2D eigenvalue weighted by atomic mass is 9.94. The van der Waals surface area contributed by atoms with Gasteiger partial charge in [0.25, 0.3) is 5.91 Å². The number of esters is 1. The fourth-order valence-electron chi connectivity index (χ4n) is 4.63. The molecule has 5 rings (SSSR count). The Balaban J connectivity index is 1.31. The Morgan fingerprint density at radius 3 is 2.29 bits per heavy atom. The number of hydrogen-bond donors (Lipinski definition) is 0. The molecule has 3 aliphatic rings. The first-order valence-corrected chi connectivity index (χ1v) is 11.4. The summed E-state index contributed by atoms with van der Waals surface area (Å²) in [7, 11) is 0. The van der Waals surface area contributed by atoms with Gasteiger partial charge in [-0.25, -0.2) is 4.79 Å². The Labute approximate surface area is 201 Å². The molecule has 2 aromatic rings. The van der Waals surface area contributed by atoms with Crippen LogP contribution in [-0.2, 0) is 14.4 Å². The minimum Gasteiger partial charge on any atom is -0.425 e. The number of fused-ring (bicyclic) bond motifs is 2. The first-order valence-electron chi connectivity index (χ1n) is 11.4. The molecule has 0 unspecified atom stereocenters. The molecule has 174 valence electrons. The van der Waals surface area contributed by atoms with E-state index < -0.39 is 23.8 Å². The molecule has 2 aliphatic carbocycles.